The number of anilines is 1. The van der Waals surface area contributed by atoms with Crippen molar-refractivity contribution >= 4 is 15.5 Å². The maximum absolute atomic E-state index is 12.4. The van der Waals surface area contributed by atoms with Gasteiger partial charge in [-0.15, -0.1) is 0 Å². The van der Waals surface area contributed by atoms with Gasteiger partial charge >= 0.3 is 0 Å². The van der Waals surface area contributed by atoms with Gasteiger partial charge in [0.1, 0.15) is 0 Å². The molecule has 0 bridgehead atoms. The minimum absolute atomic E-state index is 0.216. The molecule has 1 N–H and O–H groups in total. The van der Waals surface area contributed by atoms with Gasteiger partial charge in [-0.1, -0.05) is 19.1 Å². The fraction of sp³-hybridized carbons (Fsp3) is 0.600. The van der Waals surface area contributed by atoms with E-state index in [0.717, 1.165) is 31.6 Å². The highest BCUT2D eigenvalue weighted by Gasteiger charge is 2.24. The molecule has 112 valence electrons. The molecule has 1 aliphatic rings. The number of rotatable bonds is 5. The smallest absolute Gasteiger partial charge is 0.180 e. The summed E-state index contributed by atoms with van der Waals surface area (Å²) in [5.74, 6) is 0.216. The Morgan fingerprint density at radius 1 is 1.35 bits per heavy atom. The Bertz CT molecular complexity index is 543. The van der Waals surface area contributed by atoms with Gasteiger partial charge in [0.05, 0.1) is 16.3 Å². The van der Waals surface area contributed by atoms with Crippen LogP contribution < -0.4 is 10.2 Å². The second-order valence-corrected chi connectivity index (χ2v) is 7.44. The summed E-state index contributed by atoms with van der Waals surface area (Å²) in [6.45, 7) is 3.70. The average Bonchev–Trinajstić information content (AvgIpc) is 2.47. The Kier molecular flexibility index (Phi) is 5.05. The van der Waals surface area contributed by atoms with E-state index in [1.54, 1.807) is 6.07 Å². The Balaban J connectivity index is 2.33. The van der Waals surface area contributed by atoms with Crippen molar-refractivity contribution in [1.82, 2.24) is 5.32 Å². The lowest BCUT2D eigenvalue weighted by Gasteiger charge is -2.35. The molecular formula is C15H24N2O2S. The van der Waals surface area contributed by atoms with Gasteiger partial charge in [-0.2, -0.15) is 0 Å². The summed E-state index contributed by atoms with van der Waals surface area (Å²) in [7, 11) is -1.21. The monoisotopic (exact) mass is 296 g/mol. The van der Waals surface area contributed by atoms with E-state index in [2.05, 4.69) is 10.2 Å². The maximum atomic E-state index is 12.4. The predicted molar refractivity (Wildman–Crippen MR) is 83.1 cm³/mol. The number of benzene rings is 1. The van der Waals surface area contributed by atoms with Crippen LogP contribution in [0.15, 0.2) is 29.2 Å². The molecule has 0 aliphatic carbocycles. The van der Waals surface area contributed by atoms with Crippen molar-refractivity contribution in [3.05, 3.63) is 24.3 Å². The van der Waals surface area contributed by atoms with E-state index in [4.69, 9.17) is 0 Å². The van der Waals surface area contributed by atoms with Gasteiger partial charge in [0, 0.05) is 19.1 Å². The highest BCUT2D eigenvalue weighted by Crippen LogP contribution is 2.28. The molecule has 0 aromatic heterocycles. The molecule has 1 aromatic rings. The van der Waals surface area contributed by atoms with Crippen molar-refractivity contribution < 1.29 is 8.42 Å². The zero-order valence-corrected chi connectivity index (χ0v) is 13.1. The molecule has 0 amide bonds. The third kappa shape index (κ3) is 3.33. The first-order chi connectivity index (χ1) is 9.58. The van der Waals surface area contributed by atoms with Crippen LogP contribution in [0.5, 0.6) is 0 Å². The SMILES string of the molecule is CCCS(=O)(=O)c1ccccc1N1CCCC(NC)C1. The lowest BCUT2D eigenvalue weighted by molar-refractivity contribution is 0.448. The summed E-state index contributed by atoms with van der Waals surface area (Å²) in [4.78, 5) is 2.69. The normalized spacial score (nSPS) is 20.1. The Morgan fingerprint density at radius 2 is 2.10 bits per heavy atom. The maximum Gasteiger partial charge on any atom is 0.180 e. The first kappa shape index (κ1) is 15.3. The number of nitrogens with zero attached hydrogens (tertiary/aromatic N) is 1. The topological polar surface area (TPSA) is 49.4 Å². The lowest BCUT2D eigenvalue weighted by Crippen LogP contribution is -2.44. The van der Waals surface area contributed by atoms with Crippen molar-refractivity contribution in [3.63, 3.8) is 0 Å². The first-order valence-corrected chi connectivity index (χ1v) is 8.97. The zero-order chi connectivity index (χ0) is 14.6. The third-order valence-corrected chi connectivity index (χ3v) is 5.80. The molecule has 20 heavy (non-hydrogen) atoms. The summed E-state index contributed by atoms with van der Waals surface area (Å²) in [5.41, 5.74) is 0.862. The molecule has 1 atom stereocenters. The van der Waals surface area contributed by atoms with E-state index >= 15 is 0 Å². The second-order valence-electron chi connectivity index (χ2n) is 5.36. The van der Waals surface area contributed by atoms with Gasteiger partial charge in [-0.3, -0.25) is 0 Å². The molecule has 2 rings (SSSR count). The molecular weight excluding hydrogens is 272 g/mol. The number of sulfone groups is 1. The predicted octanol–water partition coefficient (Wildman–Crippen LogP) is 2.06. The summed E-state index contributed by atoms with van der Waals surface area (Å²) in [6.07, 6.45) is 2.89. The van der Waals surface area contributed by atoms with Gasteiger partial charge in [0.25, 0.3) is 0 Å². The van der Waals surface area contributed by atoms with E-state index in [1.165, 1.54) is 0 Å². The number of para-hydroxylation sites is 1. The van der Waals surface area contributed by atoms with E-state index < -0.39 is 9.84 Å². The highest BCUT2D eigenvalue weighted by molar-refractivity contribution is 7.91. The lowest BCUT2D eigenvalue weighted by atomic mass is 10.1. The average molecular weight is 296 g/mol. The summed E-state index contributed by atoms with van der Waals surface area (Å²) in [5, 5.41) is 3.30. The summed E-state index contributed by atoms with van der Waals surface area (Å²) < 4.78 is 24.8. The first-order valence-electron chi connectivity index (χ1n) is 7.32. The van der Waals surface area contributed by atoms with Gasteiger partial charge < -0.3 is 10.2 Å². The van der Waals surface area contributed by atoms with E-state index in [1.807, 2.05) is 32.2 Å². The summed E-state index contributed by atoms with van der Waals surface area (Å²) >= 11 is 0. The minimum Gasteiger partial charge on any atom is -0.369 e. The number of piperidine rings is 1. The second kappa shape index (κ2) is 6.59. The minimum atomic E-state index is -3.18. The van der Waals surface area contributed by atoms with Crippen LogP contribution in [0.2, 0.25) is 0 Å². The molecule has 0 saturated carbocycles. The van der Waals surface area contributed by atoms with Gasteiger partial charge in [0.2, 0.25) is 0 Å². The Hall–Kier alpha value is -1.07. The Morgan fingerprint density at radius 3 is 2.80 bits per heavy atom. The van der Waals surface area contributed by atoms with E-state index in [0.29, 0.717) is 17.4 Å². The van der Waals surface area contributed by atoms with Crippen molar-refractivity contribution in [1.29, 1.82) is 0 Å². The van der Waals surface area contributed by atoms with Crippen LogP contribution >= 0.6 is 0 Å². The number of hydrogen-bond donors (Lipinski definition) is 1. The molecule has 0 spiro atoms. The molecule has 1 saturated heterocycles. The molecule has 4 nitrogen and oxygen atoms in total. The number of hydrogen-bond acceptors (Lipinski definition) is 4. The third-order valence-electron chi connectivity index (χ3n) is 3.84. The molecule has 5 heteroatoms. The zero-order valence-electron chi connectivity index (χ0n) is 12.3. The van der Waals surface area contributed by atoms with Crippen LogP contribution in [0.4, 0.5) is 5.69 Å². The van der Waals surface area contributed by atoms with Crippen LogP contribution in [0, 0.1) is 0 Å². The van der Waals surface area contributed by atoms with Crippen molar-refractivity contribution in [2.75, 3.05) is 30.8 Å². The molecule has 1 unspecified atom stereocenters. The fourth-order valence-corrected chi connectivity index (χ4v) is 4.35. The van der Waals surface area contributed by atoms with Gasteiger partial charge in [-0.25, -0.2) is 8.42 Å². The van der Waals surface area contributed by atoms with Gasteiger partial charge in [0.15, 0.2) is 9.84 Å². The van der Waals surface area contributed by atoms with Crippen molar-refractivity contribution in [2.45, 2.75) is 37.1 Å². The largest absolute Gasteiger partial charge is 0.369 e. The fourth-order valence-electron chi connectivity index (χ4n) is 2.79. The molecule has 0 radical (unpaired) electrons. The highest BCUT2D eigenvalue weighted by atomic mass is 32.2. The van der Waals surface area contributed by atoms with E-state index in [9.17, 15) is 8.42 Å². The number of nitrogens with one attached hydrogen (secondary N) is 1. The molecule has 1 heterocycles. The molecule has 1 aromatic carbocycles. The molecule has 1 aliphatic heterocycles. The van der Waals surface area contributed by atoms with Crippen LogP contribution in [-0.4, -0.2) is 40.3 Å². The number of likely N-dealkylation sites (N-methyl/N-ethyl adjacent to an activating group) is 1. The van der Waals surface area contributed by atoms with Crippen LogP contribution in [0.25, 0.3) is 0 Å². The quantitative estimate of drug-likeness (QED) is 0.903. The standard InChI is InChI=1S/C15H24N2O2S/c1-3-11-20(18,19)15-9-5-4-8-14(15)17-10-6-7-13(12-17)16-2/h4-5,8-9,13,16H,3,6-7,10-12H2,1-2H3. The summed E-state index contributed by atoms with van der Waals surface area (Å²) in [6, 6.07) is 7.84. The van der Waals surface area contributed by atoms with Gasteiger partial charge in [-0.05, 0) is 38.4 Å². The molecule has 1 fully saturated rings. The van der Waals surface area contributed by atoms with Crippen LogP contribution in [-0.2, 0) is 9.84 Å². The van der Waals surface area contributed by atoms with Crippen LogP contribution in [0.3, 0.4) is 0 Å². The Labute approximate surface area is 122 Å². The van der Waals surface area contributed by atoms with Crippen LogP contribution in [0.1, 0.15) is 26.2 Å². The van der Waals surface area contributed by atoms with E-state index in [-0.39, 0.29) is 5.75 Å². The van der Waals surface area contributed by atoms with Crippen molar-refractivity contribution in [2.24, 2.45) is 0 Å². The van der Waals surface area contributed by atoms with Crippen molar-refractivity contribution in [3.8, 4) is 0 Å².